The van der Waals surface area contributed by atoms with Crippen molar-refractivity contribution in [3.05, 3.63) is 6.33 Å². The third-order valence-electron chi connectivity index (χ3n) is 0.746. The maximum atomic E-state index is 5.23. The normalized spacial score (nSPS) is 9.29. The van der Waals surface area contributed by atoms with Crippen molar-refractivity contribution in [1.82, 2.24) is 14.8 Å². The lowest BCUT2D eigenvalue weighted by molar-refractivity contribution is 0.778. The van der Waals surface area contributed by atoms with E-state index in [9.17, 15) is 0 Å². The van der Waals surface area contributed by atoms with Crippen LogP contribution in [-0.4, -0.2) is 14.8 Å². The van der Waals surface area contributed by atoms with Crippen molar-refractivity contribution in [2.75, 3.05) is 5.73 Å². The zero-order chi connectivity index (χ0) is 5.28. The van der Waals surface area contributed by atoms with Crippen molar-refractivity contribution >= 4 is 5.95 Å². The van der Waals surface area contributed by atoms with E-state index < -0.39 is 0 Å². The SMILES string of the molecule is Cn1ncnc1N. The van der Waals surface area contributed by atoms with Crippen LogP contribution in [0.1, 0.15) is 0 Å². The van der Waals surface area contributed by atoms with Gasteiger partial charge in [-0.25, -0.2) is 9.67 Å². The van der Waals surface area contributed by atoms with Gasteiger partial charge in [-0.05, 0) is 0 Å². The molecule has 0 amide bonds. The van der Waals surface area contributed by atoms with E-state index in [1.165, 1.54) is 11.0 Å². The predicted molar refractivity (Wildman–Crippen MR) is 25.4 cm³/mol. The van der Waals surface area contributed by atoms with E-state index in [1.54, 1.807) is 7.05 Å². The third-order valence-corrected chi connectivity index (χ3v) is 0.746. The number of hydrogen-bond donors (Lipinski definition) is 1. The number of aryl methyl sites for hydroxylation is 1. The molecular weight excluding hydrogens is 92.1 g/mol. The maximum absolute atomic E-state index is 5.23. The Kier molecular flexibility index (Phi) is 0.714. The molecule has 7 heavy (non-hydrogen) atoms. The molecule has 4 nitrogen and oxygen atoms in total. The van der Waals surface area contributed by atoms with Crippen LogP contribution in [0.15, 0.2) is 6.33 Å². The van der Waals surface area contributed by atoms with Gasteiger partial charge in [-0.2, -0.15) is 5.10 Å². The Hall–Kier alpha value is -1.06. The molecule has 0 aromatic carbocycles. The number of hydrogen-bond acceptors (Lipinski definition) is 3. The lowest BCUT2D eigenvalue weighted by Gasteiger charge is -1.84. The van der Waals surface area contributed by atoms with Gasteiger partial charge >= 0.3 is 0 Å². The predicted octanol–water partition coefficient (Wildman–Crippen LogP) is -0.603. The Morgan fingerprint density at radius 3 is 2.71 bits per heavy atom. The zero-order valence-corrected chi connectivity index (χ0v) is 4.00. The van der Waals surface area contributed by atoms with Gasteiger partial charge in [-0.15, -0.1) is 0 Å². The van der Waals surface area contributed by atoms with Gasteiger partial charge in [0.05, 0.1) is 0 Å². The van der Waals surface area contributed by atoms with E-state index in [1.807, 2.05) is 0 Å². The number of anilines is 1. The number of nitrogen functional groups attached to an aromatic ring is 1. The summed E-state index contributed by atoms with van der Waals surface area (Å²) in [5.41, 5.74) is 5.23. The molecule has 0 saturated heterocycles. The zero-order valence-electron chi connectivity index (χ0n) is 4.00. The van der Waals surface area contributed by atoms with Crippen molar-refractivity contribution in [3.8, 4) is 0 Å². The van der Waals surface area contributed by atoms with Crippen LogP contribution < -0.4 is 5.73 Å². The van der Waals surface area contributed by atoms with Crippen LogP contribution in [0.5, 0.6) is 0 Å². The quantitative estimate of drug-likeness (QED) is 0.471. The molecule has 1 rings (SSSR count). The Morgan fingerprint density at radius 2 is 2.57 bits per heavy atom. The van der Waals surface area contributed by atoms with E-state index in [0.717, 1.165) is 0 Å². The maximum Gasteiger partial charge on any atom is 0.218 e. The van der Waals surface area contributed by atoms with Crippen LogP contribution >= 0.6 is 0 Å². The van der Waals surface area contributed by atoms with E-state index in [4.69, 9.17) is 5.73 Å². The number of aromatic nitrogens is 3. The van der Waals surface area contributed by atoms with Gasteiger partial charge in [0.1, 0.15) is 6.33 Å². The molecule has 4 heteroatoms. The molecule has 1 aromatic rings. The molecule has 0 saturated carbocycles. The Labute approximate surface area is 41.0 Å². The molecule has 0 bridgehead atoms. The second kappa shape index (κ2) is 1.22. The summed E-state index contributed by atoms with van der Waals surface area (Å²) in [4.78, 5) is 3.65. The topological polar surface area (TPSA) is 56.7 Å². The molecule has 0 radical (unpaired) electrons. The summed E-state index contributed by atoms with van der Waals surface area (Å²) in [6.45, 7) is 0. The minimum absolute atomic E-state index is 0.444. The molecule has 0 aliphatic rings. The lowest BCUT2D eigenvalue weighted by atomic mass is 11.0. The highest BCUT2D eigenvalue weighted by atomic mass is 15.3. The van der Waals surface area contributed by atoms with Crippen molar-refractivity contribution < 1.29 is 0 Å². The second-order valence-corrected chi connectivity index (χ2v) is 1.24. The summed E-state index contributed by atoms with van der Waals surface area (Å²) < 4.78 is 1.50. The summed E-state index contributed by atoms with van der Waals surface area (Å²) in [5.74, 6) is 0.444. The first-order valence-corrected chi connectivity index (χ1v) is 1.90. The highest BCUT2D eigenvalue weighted by Crippen LogP contribution is 1.85. The minimum atomic E-state index is 0.444. The molecule has 38 valence electrons. The molecule has 2 N–H and O–H groups in total. The number of nitrogens with two attached hydrogens (primary N) is 1. The van der Waals surface area contributed by atoms with E-state index in [0.29, 0.717) is 5.95 Å². The van der Waals surface area contributed by atoms with Crippen molar-refractivity contribution in [3.63, 3.8) is 0 Å². The third kappa shape index (κ3) is 0.534. The van der Waals surface area contributed by atoms with Crippen LogP contribution in [0.25, 0.3) is 0 Å². The van der Waals surface area contributed by atoms with Crippen LogP contribution in [0, 0.1) is 0 Å². The minimum Gasteiger partial charge on any atom is -0.368 e. The summed E-state index contributed by atoms with van der Waals surface area (Å²) in [5, 5.41) is 3.70. The standard InChI is InChI=1S/C3H6N4/c1-7-3(4)5-2-6-7/h2H,1H3,(H2,4,5,6). The van der Waals surface area contributed by atoms with Crippen molar-refractivity contribution in [1.29, 1.82) is 0 Å². The highest BCUT2D eigenvalue weighted by Gasteiger charge is 1.86. The Balaban J connectivity index is 3.12. The summed E-state index contributed by atoms with van der Waals surface area (Å²) >= 11 is 0. The van der Waals surface area contributed by atoms with Gasteiger partial charge in [-0.1, -0.05) is 0 Å². The molecule has 0 aliphatic heterocycles. The van der Waals surface area contributed by atoms with Crippen LogP contribution in [-0.2, 0) is 7.05 Å². The van der Waals surface area contributed by atoms with Gasteiger partial charge in [0, 0.05) is 7.05 Å². The van der Waals surface area contributed by atoms with Gasteiger partial charge in [0.2, 0.25) is 5.95 Å². The van der Waals surface area contributed by atoms with E-state index >= 15 is 0 Å². The average molecular weight is 98.1 g/mol. The molecule has 0 spiro atoms. The smallest absolute Gasteiger partial charge is 0.218 e. The van der Waals surface area contributed by atoms with Crippen LogP contribution in [0.2, 0.25) is 0 Å². The second-order valence-electron chi connectivity index (χ2n) is 1.24. The molecule has 1 heterocycles. The number of rotatable bonds is 0. The van der Waals surface area contributed by atoms with Crippen LogP contribution in [0.3, 0.4) is 0 Å². The van der Waals surface area contributed by atoms with Gasteiger partial charge in [-0.3, -0.25) is 0 Å². The fourth-order valence-corrected chi connectivity index (χ4v) is 0.305. The molecule has 0 atom stereocenters. The molecule has 0 aliphatic carbocycles. The van der Waals surface area contributed by atoms with Crippen molar-refractivity contribution in [2.24, 2.45) is 7.05 Å². The Morgan fingerprint density at radius 1 is 1.86 bits per heavy atom. The first-order chi connectivity index (χ1) is 3.30. The summed E-state index contributed by atoms with van der Waals surface area (Å²) in [6, 6.07) is 0. The molecular formula is C3H6N4. The first kappa shape index (κ1) is 4.11. The fourth-order valence-electron chi connectivity index (χ4n) is 0.305. The van der Waals surface area contributed by atoms with Crippen LogP contribution in [0.4, 0.5) is 5.95 Å². The van der Waals surface area contributed by atoms with Gasteiger partial charge in [0.25, 0.3) is 0 Å². The average Bonchev–Trinajstić information content (AvgIpc) is 1.91. The Bertz CT molecular complexity index is 139. The highest BCUT2D eigenvalue weighted by molar-refractivity contribution is 5.10. The number of nitrogens with zero attached hydrogens (tertiary/aromatic N) is 3. The van der Waals surface area contributed by atoms with Gasteiger partial charge < -0.3 is 5.73 Å². The first-order valence-electron chi connectivity index (χ1n) is 1.90. The lowest BCUT2D eigenvalue weighted by Crippen LogP contribution is -1.97. The molecule has 1 aromatic heterocycles. The summed E-state index contributed by atoms with van der Waals surface area (Å²) in [6.07, 6.45) is 1.41. The largest absolute Gasteiger partial charge is 0.368 e. The summed E-state index contributed by atoms with van der Waals surface area (Å²) in [7, 11) is 1.74. The molecule has 0 unspecified atom stereocenters. The monoisotopic (exact) mass is 98.1 g/mol. The van der Waals surface area contributed by atoms with E-state index in [-0.39, 0.29) is 0 Å². The van der Waals surface area contributed by atoms with Gasteiger partial charge in [0.15, 0.2) is 0 Å². The fraction of sp³-hybridized carbons (Fsp3) is 0.333. The van der Waals surface area contributed by atoms with Crippen molar-refractivity contribution in [2.45, 2.75) is 0 Å². The van der Waals surface area contributed by atoms with E-state index in [2.05, 4.69) is 10.1 Å². The molecule has 0 fully saturated rings.